The van der Waals surface area contributed by atoms with Gasteiger partial charge in [0, 0.05) is 13.0 Å². The van der Waals surface area contributed by atoms with Crippen LogP contribution in [0.15, 0.2) is 11.4 Å². The van der Waals surface area contributed by atoms with E-state index in [9.17, 15) is 4.79 Å². The summed E-state index contributed by atoms with van der Waals surface area (Å²) in [5.41, 5.74) is 12.3. The summed E-state index contributed by atoms with van der Waals surface area (Å²) in [5.74, 6) is 4.23. The minimum absolute atomic E-state index is 0.145. The Hall–Kier alpha value is -1.27. The second-order valence-corrected chi connectivity index (χ2v) is 1.87. The molecule has 0 unspecified atom stereocenters. The van der Waals surface area contributed by atoms with Crippen LogP contribution in [0.4, 0.5) is 0 Å². The highest BCUT2D eigenvalue weighted by Gasteiger charge is 2.05. The highest BCUT2D eigenvalue weighted by Crippen LogP contribution is 1.97. The first-order valence-corrected chi connectivity index (χ1v) is 2.99. The highest BCUT2D eigenvalue weighted by atomic mass is 16.3. The number of amides is 1. The number of nitrogens with one attached hydrogen (secondary N) is 1. The molecule has 11 heavy (non-hydrogen) atoms. The second kappa shape index (κ2) is 4.53. The maximum absolute atomic E-state index is 10.4. The molecule has 64 valence electrons. The number of hydrazine groups is 1. The van der Waals surface area contributed by atoms with Gasteiger partial charge >= 0.3 is 0 Å². The molecule has 0 spiro atoms. The van der Waals surface area contributed by atoms with Crippen LogP contribution in [0.5, 0.6) is 0 Å². The Bertz CT molecular complexity index is 177. The zero-order valence-corrected chi connectivity index (χ0v) is 6.00. The maximum atomic E-state index is 10.4. The van der Waals surface area contributed by atoms with Crippen LogP contribution in [0.2, 0.25) is 0 Å². The van der Waals surface area contributed by atoms with E-state index in [-0.39, 0.29) is 24.4 Å². The smallest absolute Gasteiger partial charge is 0.266 e. The normalized spacial score (nSPS) is 12.2. The Labute approximate surface area is 64.0 Å². The fourth-order valence-corrected chi connectivity index (χ4v) is 0.545. The van der Waals surface area contributed by atoms with E-state index in [0.717, 1.165) is 0 Å². The molecule has 0 rings (SSSR count). The summed E-state index contributed by atoms with van der Waals surface area (Å²) < 4.78 is 0. The molecule has 0 atom stereocenters. The lowest BCUT2D eigenvalue weighted by molar-refractivity contribution is -0.114. The molecule has 0 fully saturated rings. The summed E-state index contributed by atoms with van der Waals surface area (Å²) in [6.07, 6.45) is 0.186. The predicted octanol–water partition coefficient (Wildman–Crippen LogP) is -2.51. The lowest BCUT2D eigenvalue weighted by Gasteiger charge is -2.06. The summed E-state index contributed by atoms with van der Waals surface area (Å²) in [4.78, 5) is 10.4. The number of hydrogen-bond donors (Lipinski definition) is 5. The molecule has 6 nitrogen and oxygen atoms in total. The third kappa shape index (κ3) is 2.87. The van der Waals surface area contributed by atoms with Crippen LogP contribution in [-0.2, 0) is 4.79 Å². The van der Waals surface area contributed by atoms with Crippen molar-refractivity contribution in [2.24, 2.45) is 17.3 Å². The Kier molecular flexibility index (Phi) is 4.01. The monoisotopic (exact) mass is 160 g/mol. The molecular weight excluding hydrogens is 148 g/mol. The van der Waals surface area contributed by atoms with E-state index in [1.807, 2.05) is 0 Å². The van der Waals surface area contributed by atoms with E-state index in [0.29, 0.717) is 0 Å². The van der Waals surface area contributed by atoms with Gasteiger partial charge in [-0.25, -0.2) is 0 Å². The summed E-state index contributed by atoms with van der Waals surface area (Å²) in [6.45, 7) is -0.145. The minimum atomic E-state index is -0.758. The van der Waals surface area contributed by atoms with Crippen molar-refractivity contribution in [3.8, 4) is 0 Å². The van der Waals surface area contributed by atoms with E-state index in [1.54, 1.807) is 0 Å². The van der Waals surface area contributed by atoms with Crippen molar-refractivity contribution in [2.75, 3.05) is 6.61 Å². The molecule has 0 aromatic carbocycles. The van der Waals surface area contributed by atoms with Crippen LogP contribution < -0.4 is 22.7 Å². The molecule has 0 radical (unpaired) electrons. The van der Waals surface area contributed by atoms with Crippen molar-refractivity contribution >= 4 is 5.91 Å². The molecule has 0 saturated heterocycles. The van der Waals surface area contributed by atoms with Crippen molar-refractivity contribution < 1.29 is 9.90 Å². The van der Waals surface area contributed by atoms with Crippen LogP contribution in [0, 0.1) is 0 Å². The zero-order chi connectivity index (χ0) is 8.85. The van der Waals surface area contributed by atoms with Gasteiger partial charge in [0.25, 0.3) is 5.91 Å². The zero-order valence-electron chi connectivity index (χ0n) is 6.00. The lowest BCUT2D eigenvalue weighted by atomic mass is 10.2. The van der Waals surface area contributed by atoms with Gasteiger partial charge in [0.15, 0.2) is 0 Å². The summed E-state index contributed by atoms with van der Waals surface area (Å²) in [6, 6.07) is 0. The second-order valence-electron chi connectivity index (χ2n) is 1.87. The molecule has 0 aliphatic heterocycles. The average Bonchev–Trinajstić information content (AvgIpc) is 1.98. The number of carbonyl (C=O) groups is 1. The largest absolute Gasteiger partial charge is 0.396 e. The van der Waals surface area contributed by atoms with Gasteiger partial charge in [-0.1, -0.05) is 0 Å². The molecule has 8 N–H and O–H groups in total. The molecule has 0 bridgehead atoms. The molecule has 0 heterocycles. The van der Waals surface area contributed by atoms with Gasteiger partial charge in [-0.15, -0.1) is 0 Å². The molecule has 6 heteroatoms. The van der Waals surface area contributed by atoms with Gasteiger partial charge in [0.2, 0.25) is 0 Å². The van der Waals surface area contributed by atoms with Gasteiger partial charge in [0.05, 0.1) is 5.70 Å². The number of primary amides is 1. The topological polar surface area (TPSA) is 127 Å². The molecule has 1 amide bonds. The van der Waals surface area contributed by atoms with Gasteiger partial charge in [-0.05, 0) is 0 Å². The van der Waals surface area contributed by atoms with Crippen molar-refractivity contribution in [3.63, 3.8) is 0 Å². The van der Waals surface area contributed by atoms with Crippen LogP contribution in [0.1, 0.15) is 6.42 Å². The van der Waals surface area contributed by atoms with Crippen molar-refractivity contribution in [1.82, 2.24) is 5.43 Å². The van der Waals surface area contributed by atoms with E-state index in [2.05, 4.69) is 5.43 Å². The first-order chi connectivity index (χ1) is 5.13. The van der Waals surface area contributed by atoms with Gasteiger partial charge in [-0.2, -0.15) is 0 Å². The van der Waals surface area contributed by atoms with Gasteiger partial charge in [-0.3, -0.25) is 10.6 Å². The molecule has 0 aromatic heterocycles. The highest BCUT2D eigenvalue weighted by molar-refractivity contribution is 5.91. The van der Waals surface area contributed by atoms with E-state index >= 15 is 0 Å². The van der Waals surface area contributed by atoms with Crippen molar-refractivity contribution in [1.29, 1.82) is 0 Å². The Morgan fingerprint density at radius 2 is 2.00 bits per heavy atom. The maximum Gasteiger partial charge on any atom is 0.266 e. The number of rotatable bonds is 4. The van der Waals surface area contributed by atoms with Crippen LogP contribution in [0.3, 0.4) is 0 Å². The van der Waals surface area contributed by atoms with Crippen molar-refractivity contribution in [2.45, 2.75) is 6.42 Å². The standard InChI is InChI=1S/C5H12N4O2/c6-4(5(7)11)3(9-8)1-2-10/h9-10H,1-2,6,8H2,(H2,7,11)/b4-3-. The van der Waals surface area contributed by atoms with Crippen molar-refractivity contribution in [3.05, 3.63) is 11.4 Å². The fourth-order valence-electron chi connectivity index (χ4n) is 0.545. The third-order valence-electron chi connectivity index (χ3n) is 1.13. The predicted molar refractivity (Wildman–Crippen MR) is 39.4 cm³/mol. The SMILES string of the molecule is NN/C(CCO)=C(\N)C(N)=O. The number of nitrogens with two attached hydrogens (primary N) is 3. The van der Waals surface area contributed by atoms with Crippen LogP contribution in [0.25, 0.3) is 0 Å². The Morgan fingerprint density at radius 3 is 2.27 bits per heavy atom. The summed E-state index contributed by atoms with van der Waals surface area (Å²) in [7, 11) is 0. The summed E-state index contributed by atoms with van der Waals surface area (Å²) >= 11 is 0. The van der Waals surface area contributed by atoms with E-state index < -0.39 is 5.91 Å². The first-order valence-electron chi connectivity index (χ1n) is 2.99. The average molecular weight is 160 g/mol. The van der Waals surface area contributed by atoms with Crippen LogP contribution in [-0.4, -0.2) is 17.6 Å². The lowest BCUT2D eigenvalue weighted by Crippen LogP contribution is -2.31. The van der Waals surface area contributed by atoms with Gasteiger partial charge < -0.3 is 22.0 Å². The molecule has 0 saturated carbocycles. The molecule has 0 aliphatic rings. The Balaban J connectivity index is 4.39. The quantitative estimate of drug-likeness (QED) is 0.176. The Morgan fingerprint density at radius 1 is 1.45 bits per heavy atom. The minimum Gasteiger partial charge on any atom is -0.396 e. The van der Waals surface area contributed by atoms with E-state index in [1.165, 1.54) is 0 Å². The van der Waals surface area contributed by atoms with E-state index in [4.69, 9.17) is 22.4 Å². The number of aliphatic hydroxyl groups excluding tert-OH is 1. The number of aliphatic hydroxyl groups is 1. The number of hydrogen-bond acceptors (Lipinski definition) is 5. The molecular formula is C5H12N4O2. The van der Waals surface area contributed by atoms with Crippen LogP contribution >= 0.6 is 0 Å². The first kappa shape index (κ1) is 9.73. The molecule has 0 aromatic rings. The molecule has 0 aliphatic carbocycles. The van der Waals surface area contributed by atoms with Gasteiger partial charge in [0.1, 0.15) is 5.70 Å². The number of carbonyl (C=O) groups excluding carboxylic acids is 1. The third-order valence-corrected chi connectivity index (χ3v) is 1.13. The fraction of sp³-hybridized carbons (Fsp3) is 0.400. The summed E-state index contributed by atoms with van der Waals surface area (Å²) in [5, 5.41) is 8.46.